The molecule has 0 bridgehead atoms. The van der Waals surface area contributed by atoms with Crippen LogP contribution in [0.3, 0.4) is 0 Å². The molecule has 6 rings (SSSR count). The Morgan fingerprint density at radius 1 is 1.03 bits per heavy atom. The number of amides is 2. The molecule has 3 heterocycles. The Morgan fingerprint density at radius 2 is 1.86 bits per heavy atom. The number of anilines is 2. The lowest BCUT2D eigenvalue weighted by atomic mass is 10.1. The summed E-state index contributed by atoms with van der Waals surface area (Å²) in [7, 11) is 0. The second-order valence-corrected chi connectivity index (χ2v) is 8.81. The molecule has 1 aromatic heterocycles. The van der Waals surface area contributed by atoms with Crippen LogP contribution in [0, 0.1) is 6.92 Å². The number of nitrogens with zero attached hydrogens (tertiary/aromatic N) is 3. The first kappa shape index (κ1) is 21.2. The van der Waals surface area contributed by atoms with E-state index in [-0.39, 0.29) is 18.2 Å². The highest BCUT2D eigenvalue weighted by Crippen LogP contribution is 2.38. The van der Waals surface area contributed by atoms with Gasteiger partial charge in [0.05, 0.1) is 24.0 Å². The van der Waals surface area contributed by atoms with E-state index >= 15 is 0 Å². The number of aromatic nitrogens is 2. The van der Waals surface area contributed by atoms with Crippen LogP contribution >= 0.6 is 0 Å². The summed E-state index contributed by atoms with van der Waals surface area (Å²) in [6.07, 6.45) is -0.00898. The first-order valence-electron chi connectivity index (χ1n) is 11.6. The molecule has 0 saturated heterocycles. The number of imidazole rings is 1. The van der Waals surface area contributed by atoms with Gasteiger partial charge in [-0.2, -0.15) is 0 Å². The minimum absolute atomic E-state index is 0.00898. The van der Waals surface area contributed by atoms with Gasteiger partial charge < -0.3 is 14.8 Å². The van der Waals surface area contributed by atoms with Crippen molar-refractivity contribution >= 4 is 34.5 Å². The molecule has 0 unspecified atom stereocenters. The zero-order valence-electron chi connectivity index (χ0n) is 19.2. The van der Waals surface area contributed by atoms with Gasteiger partial charge in [0.2, 0.25) is 11.9 Å². The van der Waals surface area contributed by atoms with E-state index in [9.17, 15) is 9.59 Å². The summed E-state index contributed by atoms with van der Waals surface area (Å²) in [5.74, 6) is 1.41. The molecule has 4 aromatic rings. The predicted octanol–water partition coefficient (Wildman–Crippen LogP) is 4.23. The fraction of sp³-hybridized carbons (Fsp3) is 0.222. The number of fused-ring (bicyclic) bond motifs is 4. The van der Waals surface area contributed by atoms with E-state index < -0.39 is 6.04 Å². The smallest absolute Gasteiger partial charge is 0.253 e. The number of hydrogen-bond donors (Lipinski definition) is 1. The van der Waals surface area contributed by atoms with Gasteiger partial charge in [0.25, 0.3) is 5.91 Å². The van der Waals surface area contributed by atoms with E-state index in [1.165, 1.54) is 0 Å². The van der Waals surface area contributed by atoms with Crippen LogP contribution in [0.25, 0.3) is 11.0 Å². The Labute approximate surface area is 202 Å². The lowest BCUT2D eigenvalue weighted by Crippen LogP contribution is -2.31. The fourth-order valence-electron chi connectivity index (χ4n) is 4.75. The maximum atomic E-state index is 13.6. The molecular weight excluding hydrogens is 444 g/mol. The molecule has 0 saturated carbocycles. The number of rotatable bonds is 5. The largest absolute Gasteiger partial charge is 0.486 e. The molecule has 8 heteroatoms. The van der Waals surface area contributed by atoms with Gasteiger partial charge in [-0.3, -0.25) is 19.1 Å². The summed E-state index contributed by atoms with van der Waals surface area (Å²) in [6, 6.07) is 20.3. The highest BCUT2D eigenvalue weighted by Gasteiger charge is 2.40. The monoisotopic (exact) mass is 468 g/mol. The standard InChI is InChI=1S/C27H24N4O4/c1-17-5-4-6-18(13-17)16-30-26(33)22(31-21-8-3-2-7-20(21)29-27(30)31)15-25(32)28-19-9-10-23-24(14-19)35-12-11-34-23/h2-10,13-14,22H,11-12,15-16H2,1H3,(H,28,32)/t22-/m1/s1. The summed E-state index contributed by atoms with van der Waals surface area (Å²) in [6.45, 7) is 3.39. The molecule has 0 fully saturated rings. The van der Waals surface area contributed by atoms with E-state index in [0.29, 0.717) is 42.9 Å². The molecule has 35 heavy (non-hydrogen) atoms. The van der Waals surface area contributed by atoms with Gasteiger partial charge in [-0.15, -0.1) is 0 Å². The van der Waals surface area contributed by atoms with Crippen molar-refractivity contribution in [2.24, 2.45) is 0 Å². The van der Waals surface area contributed by atoms with E-state index in [1.54, 1.807) is 23.1 Å². The number of benzene rings is 3. The molecule has 0 aliphatic carbocycles. The molecule has 3 aromatic carbocycles. The molecule has 0 radical (unpaired) electrons. The first-order valence-corrected chi connectivity index (χ1v) is 11.6. The maximum Gasteiger partial charge on any atom is 0.253 e. The average molecular weight is 469 g/mol. The molecule has 2 aliphatic rings. The molecular formula is C27H24N4O4. The number of aryl methyl sites for hydroxylation is 1. The van der Waals surface area contributed by atoms with Crippen LogP contribution in [-0.2, 0) is 16.1 Å². The van der Waals surface area contributed by atoms with Crippen LogP contribution in [0.5, 0.6) is 11.5 Å². The summed E-state index contributed by atoms with van der Waals surface area (Å²) in [5, 5.41) is 2.90. The van der Waals surface area contributed by atoms with Gasteiger partial charge >= 0.3 is 0 Å². The highest BCUT2D eigenvalue weighted by molar-refractivity contribution is 6.05. The minimum atomic E-state index is -0.681. The van der Waals surface area contributed by atoms with Crippen LogP contribution in [0.1, 0.15) is 23.6 Å². The molecule has 176 valence electrons. The third-order valence-electron chi connectivity index (χ3n) is 6.31. The summed E-state index contributed by atoms with van der Waals surface area (Å²) >= 11 is 0. The van der Waals surface area contributed by atoms with Crippen LogP contribution in [0.15, 0.2) is 66.7 Å². The van der Waals surface area contributed by atoms with Crippen molar-refractivity contribution < 1.29 is 19.1 Å². The topological polar surface area (TPSA) is 85.7 Å². The number of nitrogens with one attached hydrogen (secondary N) is 1. The second-order valence-electron chi connectivity index (χ2n) is 8.81. The number of para-hydroxylation sites is 2. The normalized spacial score (nSPS) is 16.4. The first-order chi connectivity index (χ1) is 17.1. The zero-order chi connectivity index (χ0) is 23.9. The van der Waals surface area contributed by atoms with Crippen LogP contribution in [0.2, 0.25) is 0 Å². The Kier molecular flexibility index (Phi) is 5.13. The van der Waals surface area contributed by atoms with Crippen LogP contribution < -0.4 is 19.7 Å². The number of hydrogen-bond acceptors (Lipinski definition) is 5. The number of carbonyl (C=O) groups excluding carboxylic acids is 2. The SMILES string of the molecule is Cc1cccc(CN2C(=O)[C@@H](CC(=O)Nc3ccc4c(c3)OCCO4)n3c2nc2ccccc23)c1. The zero-order valence-corrected chi connectivity index (χ0v) is 19.2. The lowest BCUT2D eigenvalue weighted by molar-refractivity contribution is -0.124. The third-order valence-corrected chi connectivity index (χ3v) is 6.31. The van der Waals surface area contributed by atoms with Gasteiger partial charge in [-0.05, 0) is 36.8 Å². The van der Waals surface area contributed by atoms with Crippen molar-refractivity contribution in [1.82, 2.24) is 9.55 Å². The van der Waals surface area contributed by atoms with E-state index in [1.807, 2.05) is 54.0 Å². The molecule has 0 spiro atoms. The van der Waals surface area contributed by atoms with Crippen molar-refractivity contribution in [3.8, 4) is 11.5 Å². The second kappa shape index (κ2) is 8.47. The summed E-state index contributed by atoms with van der Waals surface area (Å²) < 4.78 is 13.0. The molecule has 1 atom stereocenters. The quantitative estimate of drug-likeness (QED) is 0.474. The van der Waals surface area contributed by atoms with Crippen molar-refractivity contribution in [3.63, 3.8) is 0 Å². The lowest BCUT2D eigenvalue weighted by Gasteiger charge is -2.19. The minimum Gasteiger partial charge on any atom is -0.486 e. The molecule has 1 N–H and O–H groups in total. The van der Waals surface area contributed by atoms with Crippen LogP contribution in [-0.4, -0.2) is 34.6 Å². The molecule has 2 amide bonds. The van der Waals surface area contributed by atoms with Crippen LogP contribution in [0.4, 0.5) is 11.6 Å². The van der Waals surface area contributed by atoms with Gasteiger partial charge in [0.1, 0.15) is 19.3 Å². The van der Waals surface area contributed by atoms with Crippen molar-refractivity contribution in [2.45, 2.75) is 25.9 Å². The average Bonchev–Trinajstić information content (AvgIpc) is 3.35. The molecule has 8 nitrogen and oxygen atoms in total. The van der Waals surface area contributed by atoms with Gasteiger partial charge in [-0.1, -0.05) is 42.0 Å². The molecule has 2 aliphatic heterocycles. The predicted molar refractivity (Wildman–Crippen MR) is 132 cm³/mol. The third kappa shape index (κ3) is 3.86. The fourth-order valence-corrected chi connectivity index (χ4v) is 4.75. The van der Waals surface area contributed by atoms with Gasteiger partial charge in [0.15, 0.2) is 11.5 Å². The number of ether oxygens (including phenoxy) is 2. The maximum absolute atomic E-state index is 13.6. The van der Waals surface area contributed by atoms with Crippen molar-refractivity contribution in [1.29, 1.82) is 0 Å². The van der Waals surface area contributed by atoms with Gasteiger partial charge in [-0.25, -0.2) is 4.98 Å². The van der Waals surface area contributed by atoms with E-state index in [2.05, 4.69) is 11.4 Å². The Balaban J connectivity index is 1.29. The highest BCUT2D eigenvalue weighted by atomic mass is 16.6. The van der Waals surface area contributed by atoms with Crippen molar-refractivity contribution in [3.05, 3.63) is 77.9 Å². The Morgan fingerprint density at radius 3 is 2.71 bits per heavy atom. The summed E-state index contributed by atoms with van der Waals surface area (Å²) in [4.78, 5) is 33.1. The Bertz CT molecular complexity index is 1460. The van der Waals surface area contributed by atoms with E-state index in [0.717, 1.165) is 22.2 Å². The van der Waals surface area contributed by atoms with E-state index in [4.69, 9.17) is 14.5 Å². The van der Waals surface area contributed by atoms with Gasteiger partial charge in [0, 0.05) is 11.8 Å². The summed E-state index contributed by atoms with van der Waals surface area (Å²) in [5.41, 5.74) is 4.36. The van der Waals surface area contributed by atoms with Crippen molar-refractivity contribution in [2.75, 3.05) is 23.4 Å². The Hall–Kier alpha value is -4.33. The number of carbonyl (C=O) groups is 2.